The van der Waals surface area contributed by atoms with Gasteiger partial charge in [0.05, 0.1) is 33.6 Å². The lowest BCUT2D eigenvalue weighted by molar-refractivity contribution is 0.693. The van der Waals surface area contributed by atoms with Crippen molar-refractivity contribution < 1.29 is 0 Å². The van der Waals surface area contributed by atoms with Gasteiger partial charge in [0.1, 0.15) is 5.82 Å². The van der Waals surface area contributed by atoms with Gasteiger partial charge in [-0.1, -0.05) is 134 Å². The van der Waals surface area contributed by atoms with Gasteiger partial charge in [0.25, 0.3) is 0 Å². The van der Waals surface area contributed by atoms with Crippen LogP contribution in [0.3, 0.4) is 0 Å². The van der Waals surface area contributed by atoms with Crippen molar-refractivity contribution in [3.05, 3.63) is 184 Å². The van der Waals surface area contributed by atoms with Crippen LogP contribution in [-0.4, -0.2) is 16.0 Å². The minimum atomic E-state index is 0.0670. The van der Waals surface area contributed by atoms with Gasteiger partial charge in [-0.25, -0.2) is 9.97 Å². The second kappa shape index (κ2) is 11.5. The maximum atomic E-state index is 5.43. The van der Waals surface area contributed by atoms with Crippen LogP contribution in [0.1, 0.15) is 30.4 Å². The summed E-state index contributed by atoms with van der Waals surface area (Å²) >= 11 is 1.92. The Labute approximate surface area is 306 Å². The molecule has 3 unspecified atom stereocenters. The van der Waals surface area contributed by atoms with E-state index in [-0.39, 0.29) is 12.0 Å². The summed E-state index contributed by atoms with van der Waals surface area (Å²) in [4.78, 5) is 15.7. The van der Waals surface area contributed by atoms with Crippen molar-refractivity contribution in [2.45, 2.75) is 25.3 Å². The normalized spacial score (nSPS) is 19.6. The third-order valence-corrected chi connectivity index (χ3v) is 12.3. The first-order chi connectivity index (χ1) is 25.7. The van der Waals surface area contributed by atoms with E-state index in [0.717, 1.165) is 34.9 Å². The summed E-state index contributed by atoms with van der Waals surface area (Å²) < 4.78 is 2.63. The van der Waals surface area contributed by atoms with E-state index in [1.54, 1.807) is 0 Å². The molecule has 4 heterocycles. The second-order valence-electron chi connectivity index (χ2n) is 14.2. The standard InChI is InChI=1S/C47H34N4S/c1-29-24-26-32(27-25-29)50-37-21-11-8-18-33(37)41-42-35-20-10-13-23-39(35)52-46(42)45-43(44(41)50)34-19-9-12-22-38(34)51(45)40-28-36(30-14-4-2-5-15-30)48-47(49-40)31-16-6-3-7-17-31/h2-24,26-29,43-44H,25H2,1H3. The molecule has 2 aromatic heterocycles. The van der Waals surface area contributed by atoms with Crippen molar-refractivity contribution in [1.82, 2.24) is 9.97 Å². The molecule has 52 heavy (non-hydrogen) atoms. The molecule has 4 nitrogen and oxygen atoms in total. The molecule has 0 saturated heterocycles. The van der Waals surface area contributed by atoms with Crippen molar-refractivity contribution >= 4 is 49.9 Å². The molecule has 0 amide bonds. The topological polar surface area (TPSA) is 32.3 Å². The molecule has 4 aliphatic rings. The van der Waals surface area contributed by atoms with E-state index >= 15 is 0 Å². The summed E-state index contributed by atoms with van der Waals surface area (Å²) in [6.45, 7) is 2.30. The monoisotopic (exact) mass is 686 g/mol. The first-order valence-corrected chi connectivity index (χ1v) is 19.0. The van der Waals surface area contributed by atoms with E-state index in [1.807, 2.05) is 17.4 Å². The highest BCUT2D eigenvalue weighted by Crippen LogP contribution is 2.57. The molecule has 0 fully saturated rings. The Balaban J connectivity index is 1.26. The third kappa shape index (κ3) is 4.33. The highest BCUT2D eigenvalue weighted by atomic mass is 32.1. The number of anilines is 3. The molecule has 5 aromatic carbocycles. The van der Waals surface area contributed by atoms with Crippen LogP contribution in [0.5, 0.6) is 0 Å². The van der Waals surface area contributed by atoms with Gasteiger partial charge < -0.3 is 4.90 Å². The Morgan fingerprint density at radius 2 is 1.42 bits per heavy atom. The third-order valence-electron chi connectivity index (χ3n) is 11.1. The maximum Gasteiger partial charge on any atom is 0.162 e. The van der Waals surface area contributed by atoms with Crippen LogP contribution in [0, 0.1) is 5.92 Å². The fraction of sp³-hybridized carbons (Fsp3) is 0.106. The number of para-hydroxylation sites is 2. The predicted octanol–water partition coefficient (Wildman–Crippen LogP) is 9.95. The number of hydrogen-bond donors (Lipinski definition) is 0. The molecule has 0 spiro atoms. The number of benzene rings is 5. The SMILES string of the molecule is CC1C=CC(N2c3ccccc3C3=c4c(sc5ccccc45)=C4C(c5ccccc5N4c4cc(-c5ccccc5)nc(-c5ccccc5)n4)C32)=CC1. The van der Waals surface area contributed by atoms with Gasteiger partial charge in [-0.3, -0.25) is 4.90 Å². The predicted molar refractivity (Wildman–Crippen MR) is 215 cm³/mol. The Kier molecular flexibility index (Phi) is 6.56. The molecule has 0 N–H and O–H groups in total. The molecule has 5 heteroatoms. The van der Waals surface area contributed by atoms with Crippen LogP contribution in [-0.2, 0) is 0 Å². The summed E-state index contributed by atoms with van der Waals surface area (Å²) in [5.74, 6) is 2.21. The molecule has 2 aliphatic heterocycles. The average Bonchev–Trinajstić information content (AvgIpc) is 3.87. The minimum absolute atomic E-state index is 0.0670. The van der Waals surface area contributed by atoms with Gasteiger partial charge in [-0.05, 0) is 47.8 Å². The molecule has 7 aromatic rings. The van der Waals surface area contributed by atoms with Gasteiger partial charge in [0, 0.05) is 49.4 Å². The number of rotatable bonds is 4. The number of hydrogen-bond acceptors (Lipinski definition) is 5. The number of nitrogens with zero attached hydrogens (tertiary/aromatic N) is 4. The van der Waals surface area contributed by atoms with Gasteiger partial charge in [-0.15, -0.1) is 11.3 Å². The fourth-order valence-electron chi connectivity index (χ4n) is 8.84. The second-order valence-corrected chi connectivity index (χ2v) is 15.2. The number of fused-ring (bicyclic) bond motifs is 10. The zero-order valence-corrected chi connectivity index (χ0v) is 29.5. The van der Waals surface area contributed by atoms with Gasteiger partial charge in [-0.2, -0.15) is 0 Å². The molecule has 0 radical (unpaired) electrons. The van der Waals surface area contributed by atoms with Crippen molar-refractivity contribution in [3.63, 3.8) is 0 Å². The average molecular weight is 687 g/mol. The summed E-state index contributed by atoms with van der Waals surface area (Å²) in [5, 5.41) is 2.68. The van der Waals surface area contributed by atoms with Crippen molar-refractivity contribution in [2.24, 2.45) is 5.92 Å². The minimum Gasteiger partial charge on any atom is -0.333 e. The lowest BCUT2D eigenvalue weighted by Crippen LogP contribution is -2.46. The summed E-state index contributed by atoms with van der Waals surface area (Å²) in [5.41, 5.74) is 12.1. The highest BCUT2D eigenvalue weighted by Gasteiger charge is 2.51. The van der Waals surface area contributed by atoms with E-state index < -0.39 is 0 Å². The zero-order valence-electron chi connectivity index (χ0n) is 28.6. The van der Waals surface area contributed by atoms with E-state index in [1.165, 1.54) is 59.3 Å². The number of thiophene rings is 1. The number of allylic oxidation sites excluding steroid dienone is 3. The van der Waals surface area contributed by atoms with Crippen LogP contribution in [0.15, 0.2) is 163 Å². The molecular weight excluding hydrogens is 653 g/mol. The largest absolute Gasteiger partial charge is 0.333 e. The summed E-state index contributed by atoms with van der Waals surface area (Å²) in [7, 11) is 0. The van der Waals surface area contributed by atoms with Crippen LogP contribution >= 0.6 is 11.3 Å². The van der Waals surface area contributed by atoms with Crippen LogP contribution in [0.4, 0.5) is 17.2 Å². The van der Waals surface area contributed by atoms with Gasteiger partial charge in [0.2, 0.25) is 0 Å². The van der Waals surface area contributed by atoms with E-state index in [0.29, 0.717) is 5.92 Å². The molecule has 2 aliphatic carbocycles. The molecule has 11 rings (SSSR count). The highest BCUT2D eigenvalue weighted by molar-refractivity contribution is 7.17. The van der Waals surface area contributed by atoms with Crippen LogP contribution < -0.4 is 19.6 Å². The van der Waals surface area contributed by atoms with Gasteiger partial charge >= 0.3 is 0 Å². The Bertz CT molecular complexity index is 2700. The first kappa shape index (κ1) is 29.7. The maximum absolute atomic E-state index is 5.43. The Morgan fingerprint density at radius 1 is 0.712 bits per heavy atom. The molecular formula is C47H34N4S. The van der Waals surface area contributed by atoms with Gasteiger partial charge in [0.15, 0.2) is 5.82 Å². The van der Waals surface area contributed by atoms with E-state index in [4.69, 9.17) is 9.97 Å². The molecule has 0 bridgehead atoms. The Morgan fingerprint density at radius 3 is 2.23 bits per heavy atom. The number of aromatic nitrogens is 2. The summed E-state index contributed by atoms with van der Waals surface area (Å²) in [6, 6.07) is 50.2. The zero-order chi connectivity index (χ0) is 34.3. The van der Waals surface area contributed by atoms with Crippen molar-refractivity contribution in [2.75, 3.05) is 9.80 Å². The first-order valence-electron chi connectivity index (χ1n) is 18.1. The lowest BCUT2D eigenvalue weighted by atomic mass is 9.81. The molecule has 248 valence electrons. The fourth-order valence-corrected chi connectivity index (χ4v) is 10.1. The lowest BCUT2D eigenvalue weighted by Gasteiger charge is -2.37. The molecule has 3 atom stereocenters. The quantitative estimate of drug-likeness (QED) is 0.185. The van der Waals surface area contributed by atoms with Crippen molar-refractivity contribution in [3.8, 4) is 22.6 Å². The smallest absolute Gasteiger partial charge is 0.162 e. The van der Waals surface area contributed by atoms with Crippen molar-refractivity contribution in [1.29, 1.82) is 0 Å². The Hall–Kier alpha value is -6.04. The summed E-state index contributed by atoms with van der Waals surface area (Å²) in [6.07, 6.45) is 8.22. The van der Waals surface area contributed by atoms with E-state index in [2.05, 4.69) is 168 Å². The van der Waals surface area contributed by atoms with Crippen LogP contribution in [0.2, 0.25) is 0 Å². The van der Waals surface area contributed by atoms with E-state index in [9.17, 15) is 0 Å². The van der Waals surface area contributed by atoms with Crippen LogP contribution in [0.25, 0.3) is 44.0 Å². The molecule has 0 saturated carbocycles.